The number of carbonyl (C=O) groups excluding carboxylic acids is 2. The predicted octanol–water partition coefficient (Wildman–Crippen LogP) is 2.28. The topological polar surface area (TPSA) is 89.2 Å². The van der Waals surface area contributed by atoms with Gasteiger partial charge in [0.15, 0.2) is 0 Å². The lowest BCUT2D eigenvalue weighted by Gasteiger charge is -2.14. The molecule has 3 rings (SSSR count). The van der Waals surface area contributed by atoms with Crippen LogP contribution in [0.4, 0.5) is 5.69 Å². The summed E-state index contributed by atoms with van der Waals surface area (Å²) in [5, 5.41) is 9.60. The van der Waals surface area contributed by atoms with E-state index < -0.39 is 6.04 Å². The Labute approximate surface area is 144 Å². The van der Waals surface area contributed by atoms with Crippen molar-refractivity contribution in [1.82, 2.24) is 15.1 Å². The van der Waals surface area contributed by atoms with Crippen molar-refractivity contribution in [2.75, 3.05) is 5.32 Å². The third-order valence-electron chi connectivity index (χ3n) is 3.62. The monoisotopic (exact) mass is 338 g/mol. The van der Waals surface area contributed by atoms with E-state index in [1.54, 1.807) is 29.9 Å². The zero-order chi connectivity index (χ0) is 17.6. The maximum absolute atomic E-state index is 12.3. The number of hydrogen-bond acceptors (Lipinski definition) is 4. The van der Waals surface area contributed by atoms with E-state index in [4.69, 9.17) is 4.42 Å². The zero-order valence-corrected chi connectivity index (χ0v) is 13.7. The Hall–Kier alpha value is -3.35. The van der Waals surface area contributed by atoms with E-state index >= 15 is 0 Å². The molecule has 0 saturated heterocycles. The van der Waals surface area contributed by atoms with Crippen LogP contribution in [0.1, 0.15) is 22.8 Å². The summed E-state index contributed by atoms with van der Waals surface area (Å²) in [5.41, 5.74) is 2.05. The van der Waals surface area contributed by atoms with Gasteiger partial charge in [-0.2, -0.15) is 5.10 Å². The summed E-state index contributed by atoms with van der Waals surface area (Å²) < 4.78 is 6.66. The van der Waals surface area contributed by atoms with Gasteiger partial charge in [0, 0.05) is 18.1 Å². The number of carbonyl (C=O) groups is 2. The minimum absolute atomic E-state index is 0.298. The maximum Gasteiger partial charge on any atom is 0.255 e. The minimum atomic E-state index is -0.683. The molecular weight excluding hydrogens is 320 g/mol. The molecular formula is C18H18N4O3. The molecule has 0 aliphatic carbocycles. The van der Waals surface area contributed by atoms with Crippen LogP contribution in [0.15, 0.2) is 65.7 Å². The van der Waals surface area contributed by atoms with E-state index in [9.17, 15) is 9.59 Å². The molecule has 2 aromatic heterocycles. The fraction of sp³-hybridized carbons (Fsp3) is 0.167. The standard InChI is InChI=1S/C18H18N4O3/c1-13(20-18(24)15-6-9-25-12-15)17(23)21-16-5-2-4-14(10-16)11-22-8-3-7-19-22/h2-10,12-13H,11H2,1H3,(H,20,24)(H,21,23). The zero-order valence-electron chi connectivity index (χ0n) is 13.7. The highest BCUT2D eigenvalue weighted by atomic mass is 16.3. The van der Waals surface area contributed by atoms with Gasteiger partial charge in [-0.3, -0.25) is 14.3 Å². The molecule has 25 heavy (non-hydrogen) atoms. The molecule has 2 amide bonds. The van der Waals surface area contributed by atoms with Crippen molar-refractivity contribution in [3.8, 4) is 0 Å². The number of nitrogens with one attached hydrogen (secondary N) is 2. The van der Waals surface area contributed by atoms with Crippen LogP contribution in [-0.4, -0.2) is 27.6 Å². The second-order valence-electron chi connectivity index (χ2n) is 5.60. The molecule has 0 bridgehead atoms. The molecule has 0 fully saturated rings. The van der Waals surface area contributed by atoms with E-state index in [2.05, 4.69) is 15.7 Å². The smallest absolute Gasteiger partial charge is 0.255 e. The van der Waals surface area contributed by atoms with Crippen molar-refractivity contribution in [1.29, 1.82) is 0 Å². The summed E-state index contributed by atoms with van der Waals surface area (Å²) >= 11 is 0. The van der Waals surface area contributed by atoms with E-state index in [1.807, 2.05) is 30.5 Å². The number of amides is 2. The van der Waals surface area contributed by atoms with Gasteiger partial charge in [0.05, 0.1) is 18.4 Å². The minimum Gasteiger partial charge on any atom is -0.472 e. The highest BCUT2D eigenvalue weighted by Crippen LogP contribution is 2.12. The molecule has 7 nitrogen and oxygen atoms in total. The Morgan fingerprint density at radius 3 is 2.88 bits per heavy atom. The Balaban J connectivity index is 1.59. The maximum atomic E-state index is 12.3. The number of anilines is 1. The van der Waals surface area contributed by atoms with Gasteiger partial charge in [-0.1, -0.05) is 12.1 Å². The van der Waals surface area contributed by atoms with Crippen LogP contribution < -0.4 is 10.6 Å². The first-order chi connectivity index (χ1) is 12.1. The van der Waals surface area contributed by atoms with Crippen LogP contribution >= 0.6 is 0 Å². The van der Waals surface area contributed by atoms with E-state index in [1.165, 1.54) is 12.5 Å². The first kappa shape index (κ1) is 16.5. The molecule has 0 aliphatic heterocycles. The van der Waals surface area contributed by atoms with Crippen molar-refractivity contribution in [3.05, 3.63) is 72.4 Å². The highest BCUT2D eigenvalue weighted by molar-refractivity contribution is 6.00. The first-order valence-electron chi connectivity index (χ1n) is 7.82. The Kier molecular flexibility index (Phi) is 4.94. The number of nitrogens with zero attached hydrogens (tertiary/aromatic N) is 2. The van der Waals surface area contributed by atoms with Crippen LogP contribution in [0.25, 0.3) is 0 Å². The second kappa shape index (κ2) is 7.48. The van der Waals surface area contributed by atoms with Gasteiger partial charge in [0.2, 0.25) is 5.91 Å². The summed E-state index contributed by atoms with van der Waals surface area (Å²) in [6, 6.07) is 10.2. The van der Waals surface area contributed by atoms with Crippen molar-refractivity contribution < 1.29 is 14.0 Å². The van der Waals surface area contributed by atoms with Crippen LogP contribution in [0.5, 0.6) is 0 Å². The number of hydrogen-bond donors (Lipinski definition) is 2. The molecule has 1 atom stereocenters. The average Bonchev–Trinajstić information content (AvgIpc) is 3.28. The van der Waals surface area contributed by atoms with Gasteiger partial charge < -0.3 is 15.1 Å². The van der Waals surface area contributed by atoms with Crippen LogP contribution in [0.3, 0.4) is 0 Å². The molecule has 3 aromatic rings. The van der Waals surface area contributed by atoms with E-state index in [-0.39, 0.29) is 11.8 Å². The van der Waals surface area contributed by atoms with Gasteiger partial charge >= 0.3 is 0 Å². The quantitative estimate of drug-likeness (QED) is 0.721. The lowest BCUT2D eigenvalue weighted by Crippen LogP contribution is -2.41. The van der Waals surface area contributed by atoms with Crippen molar-refractivity contribution in [2.24, 2.45) is 0 Å². The van der Waals surface area contributed by atoms with Gasteiger partial charge in [0.25, 0.3) is 5.91 Å². The number of benzene rings is 1. The molecule has 2 N–H and O–H groups in total. The fourth-order valence-corrected chi connectivity index (χ4v) is 2.32. The normalized spacial score (nSPS) is 11.7. The third kappa shape index (κ3) is 4.35. The van der Waals surface area contributed by atoms with Gasteiger partial charge in [-0.25, -0.2) is 0 Å². The molecule has 0 spiro atoms. The Morgan fingerprint density at radius 1 is 1.28 bits per heavy atom. The summed E-state index contributed by atoms with van der Waals surface area (Å²) in [7, 11) is 0. The number of furan rings is 1. The molecule has 1 unspecified atom stereocenters. The molecule has 0 saturated carbocycles. The molecule has 7 heteroatoms. The highest BCUT2D eigenvalue weighted by Gasteiger charge is 2.17. The SMILES string of the molecule is CC(NC(=O)c1ccoc1)C(=O)Nc1cccc(Cn2cccn2)c1. The predicted molar refractivity (Wildman–Crippen MR) is 92.0 cm³/mol. The average molecular weight is 338 g/mol. The van der Waals surface area contributed by atoms with E-state index in [0.29, 0.717) is 17.8 Å². The number of rotatable bonds is 6. The summed E-state index contributed by atoms with van der Waals surface area (Å²) in [4.78, 5) is 24.2. The lowest BCUT2D eigenvalue weighted by atomic mass is 10.2. The second-order valence-corrected chi connectivity index (χ2v) is 5.60. The molecule has 1 aromatic carbocycles. The first-order valence-corrected chi connectivity index (χ1v) is 7.82. The largest absolute Gasteiger partial charge is 0.472 e. The van der Waals surface area contributed by atoms with Crippen molar-refractivity contribution in [3.63, 3.8) is 0 Å². The Bertz CT molecular complexity index is 841. The van der Waals surface area contributed by atoms with Crippen LogP contribution in [0.2, 0.25) is 0 Å². The fourth-order valence-electron chi connectivity index (χ4n) is 2.32. The van der Waals surface area contributed by atoms with Gasteiger partial charge in [-0.05, 0) is 36.8 Å². The summed E-state index contributed by atoms with van der Waals surface area (Å²) in [6.45, 7) is 2.24. The molecule has 0 aliphatic rings. The van der Waals surface area contributed by atoms with Crippen LogP contribution in [0, 0.1) is 0 Å². The van der Waals surface area contributed by atoms with Crippen LogP contribution in [-0.2, 0) is 11.3 Å². The molecule has 0 radical (unpaired) electrons. The van der Waals surface area contributed by atoms with Gasteiger partial charge in [0.1, 0.15) is 12.3 Å². The summed E-state index contributed by atoms with van der Waals surface area (Å²) in [5.74, 6) is -0.656. The van der Waals surface area contributed by atoms with Crippen molar-refractivity contribution >= 4 is 17.5 Å². The third-order valence-corrected chi connectivity index (χ3v) is 3.62. The number of aromatic nitrogens is 2. The Morgan fingerprint density at radius 2 is 2.16 bits per heavy atom. The van der Waals surface area contributed by atoms with Gasteiger partial charge in [-0.15, -0.1) is 0 Å². The summed E-state index contributed by atoms with van der Waals surface area (Å²) in [6.07, 6.45) is 6.33. The van der Waals surface area contributed by atoms with E-state index in [0.717, 1.165) is 5.56 Å². The molecule has 128 valence electrons. The lowest BCUT2D eigenvalue weighted by molar-refractivity contribution is -0.117. The van der Waals surface area contributed by atoms with Crippen molar-refractivity contribution in [2.45, 2.75) is 19.5 Å². The molecule has 2 heterocycles.